The van der Waals surface area contributed by atoms with E-state index in [1.165, 1.54) is 0 Å². The lowest BCUT2D eigenvalue weighted by molar-refractivity contribution is 0.0240. The fourth-order valence-electron chi connectivity index (χ4n) is 4.24. The van der Waals surface area contributed by atoms with E-state index in [0.717, 1.165) is 47.1 Å². The van der Waals surface area contributed by atoms with Gasteiger partial charge in [0.25, 0.3) is 5.95 Å². The summed E-state index contributed by atoms with van der Waals surface area (Å²) in [5.74, 6) is 1.34. The molecule has 9 nitrogen and oxygen atoms in total. The molecule has 9 heteroatoms. The molecule has 0 radical (unpaired) electrons. The fraction of sp³-hybridized carbons (Fsp3) is 0.440. The minimum atomic E-state index is -0.560. The van der Waals surface area contributed by atoms with Gasteiger partial charge in [-0.05, 0) is 33.8 Å². The Morgan fingerprint density at radius 1 is 1.06 bits per heavy atom. The van der Waals surface area contributed by atoms with Gasteiger partial charge >= 0.3 is 6.09 Å². The largest absolute Gasteiger partial charge is 0.444 e. The zero-order chi connectivity index (χ0) is 23.9. The Morgan fingerprint density at radius 2 is 1.79 bits per heavy atom. The summed E-state index contributed by atoms with van der Waals surface area (Å²) in [6.45, 7) is 11.2. The number of amides is 1. The molecule has 0 bridgehead atoms. The number of fused-ring (bicyclic) bond motifs is 1. The quantitative estimate of drug-likeness (QED) is 0.586. The minimum Gasteiger partial charge on any atom is -0.444 e. The van der Waals surface area contributed by atoms with Gasteiger partial charge in [-0.15, -0.1) is 0 Å². The molecule has 34 heavy (non-hydrogen) atoms. The van der Waals surface area contributed by atoms with Crippen molar-refractivity contribution in [1.82, 2.24) is 24.6 Å². The van der Waals surface area contributed by atoms with E-state index in [-0.39, 0.29) is 6.09 Å². The number of anilines is 1. The Kier molecular flexibility index (Phi) is 5.73. The maximum atomic E-state index is 12.8. The van der Waals surface area contributed by atoms with Crippen LogP contribution < -0.4 is 4.90 Å². The van der Waals surface area contributed by atoms with E-state index in [0.29, 0.717) is 32.3 Å². The van der Waals surface area contributed by atoms with Crippen LogP contribution >= 0.6 is 0 Å². The first kappa shape index (κ1) is 22.3. The van der Waals surface area contributed by atoms with E-state index < -0.39 is 5.60 Å². The molecule has 1 saturated heterocycles. The molecule has 1 amide bonds. The van der Waals surface area contributed by atoms with Gasteiger partial charge in [-0.1, -0.05) is 30.3 Å². The number of carbonyl (C=O) groups is 1. The van der Waals surface area contributed by atoms with Gasteiger partial charge in [0.2, 0.25) is 0 Å². The molecule has 178 valence electrons. The van der Waals surface area contributed by atoms with E-state index in [4.69, 9.17) is 24.5 Å². The number of aromatic nitrogens is 4. The van der Waals surface area contributed by atoms with Gasteiger partial charge < -0.3 is 14.4 Å². The molecule has 2 aromatic heterocycles. The first-order valence-electron chi connectivity index (χ1n) is 11.6. The summed E-state index contributed by atoms with van der Waals surface area (Å²) in [5, 5.41) is 4.81. The maximum Gasteiger partial charge on any atom is 0.410 e. The van der Waals surface area contributed by atoms with Crippen LogP contribution in [0.1, 0.15) is 37.7 Å². The molecule has 2 aliphatic heterocycles. The van der Waals surface area contributed by atoms with Gasteiger partial charge in [-0.3, -0.25) is 4.90 Å². The molecule has 0 saturated carbocycles. The Balaban J connectivity index is 1.53. The Morgan fingerprint density at radius 3 is 2.50 bits per heavy atom. The summed E-state index contributed by atoms with van der Waals surface area (Å²) in [6, 6.07) is 12.1. The van der Waals surface area contributed by atoms with Gasteiger partial charge in [0, 0.05) is 29.9 Å². The highest BCUT2D eigenvalue weighted by atomic mass is 16.6. The monoisotopic (exact) mass is 462 g/mol. The van der Waals surface area contributed by atoms with Gasteiger partial charge in [0.15, 0.2) is 0 Å². The van der Waals surface area contributed by atoms with Crippen molar-refractivity contribution >= 4 is 11.9 Å². The van der Waals surface area contributed by atoms with Crippen molar-refractivity contribution in [3.05, 3.63) is 53.3 Å². The van der Waals surface area contributed by atoms with Gasteiger partial charge in [0.1, 0.15) is 11.4 Å². The molecule has 0 N–H and O–H groups in total. The topological polar surface area (TPSA) is 85.6 Å². The van der Waals surface area contributed by atoms with Crippen LogP contribution in [0.5, 0.6) is 0 Å². The molecule has 0 unspecified atom stereocenters. The molecule has 0 atom stereocenters. The van der Waals surface area contributed by atoms with Crippen LogP contribution in [0.15, 0.2) is 36.4 Å². The number of aryl methyl sites for hydroxylation is 1. The van der Waals surface area contributed by atoms with E-state index in [1.807, 2.05) is 64.1 Å². The Labute approximate surface area is 199 Å². The summed E-state index contributed by atoms with van der Waals surface area (Å²) in [6.07, 6.45) is -0.346. The predicted octanol–water partition coefficient (Wildman–Crippen LogP) is 3.73. The second-order valence-electron chi connectivity index (χ2n) is 9.66. The summed E-state index contributed by atoms with van der Waals surface area (Å²) < 4.78 is 12.9. The number of ether oxygens (including phenoxy) is 2. The van der Waals surface area contributed by atoms with Crippen LogP contribution in [-0.2, 0) is 22.6 Å². The first-order chi connectivity index (χ1) is 16.3. The molecule has 0 spiro atoms. The van der Waals surface area contributed by atoms with Crippen molar-refractivity contribution in [3.63, 3.8) is 0 Å². The third kappa shape index (κ3) is 4.48. The molecule has 5 rings (SSSR count). The lowest BCUT2D eigenvalue weighted by Gasteiger charge is -2.29. The minimum absolute atomic E-state index is 0.346. The van der Waals surface area contributed by atoms with Crippen LogP contribution in [0.3, 0.4) is 0 Å². The summed E-state index contributed by atoms with van der Waals surface area (Å²) in [7, 11) is 0. The van der Waals surface area contributed by atoms with Crippen LogP contribution in [0.2, 0.25) is 0 Å². The second-order valence-corrected chi connectivity index (χ2v) is 9.66. The molecule has 2 aliphatic rings. The zero-order valence-electron chi connectivity index (χ0n) is 20.1. The highest BCUT2D eigenvalue weighted by molar-refractivity contribution is 5.70. The number of morpholine rings is 1. The number of hydrogen-bond acceptors (Lipinski definition) is 7. The van der Waals surface area contributed by atoms with E-state index in [1.54, 1.807) is 9.58 Å². The normalized spacial score (nSPS) is 16.0. The lowest BCUT2D eigenvalue weighted by atomic mass is 10.1. The SMILES string of the molecule is Cc1cc(-c2ccccc2)nn1-c1nc2c(c(N3CCOCC3)n1)CN(C(=O)OC(C)(C)C)C2. The van der Waals surface area contributed by atoms with Crippen molar-refractivity contribution in [2.75, 3.05) is 31.2 Å². The van der Waals surface area contributed by atoms with E-state index in [2.05, 4.69) is 4.90 Å². The number of benzene rings is 1. The number of carbonyl (C=O) groups excluding carboxylic acids is 1. The summed E-state index contributed by atoms with van der Waals surface area (Å²) in [4.78, 5) is 26.5. The number of rotatable bonds is 3. The van der Waals surface area contributed by atoms with Crippen LogP contribution in [0.4, 0.5) is 10.6 Å². The van der Waals surface area contributed by atoms with Crippen LogP contribution in [0.25, 0.3) is 17.2 Å². The van der Waals surface area contributed by atoms with Gasteiger partial charge in [-0.25, -0.2) is 14.5 Å². The van der Waals surface area contributed by atoms with Gasteiger partial charge in [-0.2, -0.15) is 10.1 Å². The molecular formula is C25H30N6O3. The summed E-state index contributed by atoms with van der Waals surface area (Å²) >= 11 is 0. The maximum absolute atomic E-state index is 12.8. The Hall–Kier alpha value is -3.46. The van der Waals surface area contributed by atoms with E-state index in [9.17, 15) is 4.79 Å². The highest BCUT2D eigenvalue weighted by Gasteiger charge is 2.33. The van der Waals surface area contributed by atoms with Crippen molar-refractivity contribution in [3.8, 4) is 17.2 Å². The third-order valence-electron chi connectivity index (χ3n) is 5.86. The zero-order valence-corrected chi connectivity index (χ0v) is 20.1. The first-order valence-corrected chi connectivity index (χ1v) is 11.6. The van der Waals surface area contributed by atoms with Crippen LogP contribution in [-0.4, -0.2) is 62.6 Å². The highest BCUT2D eigenvalue weighted by Crippen LogP contribution is 2.32. The predicted molar refractivity (Wildman–Crippen MR) is 128 cm³/mol. The number of nitrogens with zero attached hydrogens (tertiary/aromatic N) is 6. The van der Waals surface area contributed by atoms with E-state index >= 15 is 0 Å². The lowest BCUT2D eigenvalue weighted by Crippen LogP contribution is -2.38. The third-order valence-corrected chi connectivity index (χ3v) is 5.86. The fourth-order valence-corrected chi connectivity index (χ4v) is 4.24. The average Bonchev–Trinajstić information content (AvgIpc) is 3.42. The number of hydrogen-bond donors (Lipinski definition) is 0. The second kappa shape index (κ2) is 8.72. The van der Waals surface area contributed by atoms with Crippen molar-refractivity contribution in [1.29, 1.82) is 0 Å². The molecule has 1 aromatic carbocycles. The molecule has 0 aliphatic carbocycles. The standard InChI is InChI=1S/C25H30N6O3/c1-17-14-20(18-8-6-5-7-9-18)28-31(17)23-26-21-16-30(24(32)34-25(2,3)4)15-19(21)22(27-23)29-10-12-33-13-11-29/h5-9,14H,10-13,15-16H2,1-4H3. The van der Waals surface area contributed by atoms with Crippen molar-refractivity contribution in [2.24, 2.45) is 0 Å². The Bertz CT molecular complexity index is 1200. The van der Waals surface area contributed by atoms with Crippen LogP contribution in [0, 0.1) is 6.92 Å². The molecule has 3 aromatic rings. The molecular weight excluding hydrogens is 432 g/mol. The average molecular weight is 463 g/mol. The smallest absolute Gasteiger partial charge is 0.410 e. The van der Waals surface area contributed by atoms with Crippen molar-refractivity contribution in [2.45, 2.75) is 46.4 Å². The molecule has 4 heterocycles. The van der Waals surface area contributed by atoms with Crippen molar-refractivity contribution < 1.29 is 14.3 Å². The van der Waals surface area contributed by atoms with Gasteiger partial charge in [0.05, 0.1) is 37.7 Å². The summed E-state index contributed by atoms with van der Waals surface area (Å²) in [5.41, 5.74) is 4.07. The molecule has 1 fully saturated rings.